The fourth-order valence-corrected chi connectivity index (χ4v) is 4.35. The van der Waals surface area contributed by atoms with E-state index in [4.69, 9.17) is 0 Å². The summed E-state index contributed by atoms with van der Waals surface area (Å²) in [6.07, 6.45) is 0.206. The van der Waals surface area contributed by atoms with E-state index in [0.29, 0.717) is 18.2 Å². The Kier molecular flexibility index (Phi) is 7.52. The van der Waals surface area contributed by atoms with Crippen molar-refractivity contribution < 1.29 is 9.59 Å². The van der Waals surface area contributed by atoms with E-state index in [1.165, 1.54) is 5.56 Å². The lowest BCUT2D eigenvalue weighted by atomic mass is 10.1. The maximum atomic E-state index is 12.9. The van der Waals surface area contributed by atoms with Crippen LogP contribution in [0.2, 0.25) is 0 Å². The van der Waals surface area contributed by atoms with Crippen LogP contribution in [0, 0.1) is 26.7 Å². The maximum Gasteiger partial charge on any atom is 0.229 e. The van der Waals surface area contributed by atoms with Gasteiger partial charge in [0.25, 0.3) is 0 Å². The zero-order chi connectivity index (χ0) is 25.8. The SMILES string of the molecule is CCN(CC)c1cc(C)nc(Nc2ccc(NC(=O)[C@H]3CC(=O)N(c4ccc(C)c(C)c4)C3)cc2)n1. The van der Waals surface area contributed by atoms with E-state index in [1.54, 1.807) is 4.90 Å². The first-order valence-electron chi connectivity index (χ1n) is 12.4. The lowest BCUT2D eigenvalue weighted by Crippen LogP contribution is -2.28. The van der Waals surface area contributed by atoms with Crippen LogP contribution in [0.15, 0.2) is 48.5 Å². The lowest BCUT2D eigenvalue weighted by molar-refractivity contribution is -0.122. The van der Waals surface area contributed by atoms with Crippen LogP contribution >= 0.6 is 0 Å². The Hall–Kier alpha value is -3.94. The molecule has 1 aliphatic heterocycles. The molecule has 0 saturated carbocycles. The van der Waals surface area contributed by atoms with Crippen LogP contribution in [-0.2, 0) is 9.59 Å². The molecule has 36 heavy (non-hydrogen) atoms. The number of nitrogens with zero attached hydrogens (tertiary/aromatic N) is 4. The van der Waals surface area contributed by atoms with Gasteiger partial charge >= 0.3 is 0 Å². The largest absolute Gasteiger partial charge is 0.357 e. The Morgan fingerprint density at radius 1 is 0.972 bits per heavy atom. The minimum atomic E-state index is -0.392. The second-order valence-corrected chi connectivity index (χ2v) is 9.23. The molecule has 188 valence electrons. The van der Waals surface area contributed by atoms with Gasteiger partial charge in [-0.2, -0.15) is 4.98 Å². The first-order chi connectivity index (χ1) is 17.3. The summed E-state index contributed by atoms with van der Waals surface area (Å²) in [6, 6.07) is 15.3. The lowest BCUT2D eigenvalue weighted by Gasteiger charge is -2.20. The molecular formula is C28H34N6O2. The molecule has 0 radical (unpaired) electrons. The van der Waals surface area contributed by atoms with Crippen molar-refractivity contribution >= 4 is 40.6 Å². The molecule has 0 bridgehead atoms. The van der Waals surface area contributed by atoms with E-state index in [-0.39, 0.29) is 18.2 Å². The predicted octanol–water partition coefficient (Wildman–Crippen LogP) is 4.98. The van der Waals surface area contributed by atoms with Crippen LogP contribution in [0.4, 0.5) is 28.8 Å². The molecule has 0 spiro atoms. The molecular weight excluding hydrogens is 452 g/mol. The van der Waals surface area contributed by atoms with Gasteiger partial charge in [0.15, 0.2) is 0 Å². The summed E-state index contributed by atoms with van der Waals surface area (Å²) in [5.41, 5.74) is 5.53. The molecule has 4 rings (SSSR count). The van der Waals surface area contributed by atoms with Crippen LogP contribution in [0.3, 0.4) is 0 Å². The molecule has 2 N–H and O–H groups in total. The van der Waals surface area contributed by atoms with Gasteiger partial charge in [0.1, 0.15) is 5.82 Å². The van der Waals surface area contributed by atoms with Crippen LogP contribution in [0.5, 0.6) is 0 Å². The molecule has 0 aliphatic carbocycles. The summed E-state index contributed by atoms with van der Waals surface area (Å²) in [4.78, 5) is 38.5. The Morgan fingerprint density at radius 2 is 1.67 bits per heavy atom. The highest BCUT2D eigenvalue weighted by Gasteiger charge is 2.35. The van der Waals surface area contributed by atoms with E-state index in [2.05, 4.69) is 39.3 Å². The Bertz CT molecular complexity index is 1250. The van der Waals surface area contributed by atoms with Gasteiger partial charge in [-0.1, -0.05) is 6.07 Å². The molecule has 8 nitrogen and oxygen atoms in total. The Morgan fingerprint density at radius 3 is 2.33 bits per heavy atom. The van der Waals surface area contributed by atoms with Crippen molar-refractivity contribution in [2.24, 2.45) is 5.92 Å². The number of hydrogen-bond acceptors (Lipinski definition) is 6. The average molecular weight is 487 g/mol. The smallest absolute Gasteiger partial charge is 0.229 e. The van der Waals surface area contributed by atoms with E-state index in [9.17, 15) is 9.59 Å². The summed E-state index contributed by atoms with van der Waals surface area (Å²) in [6.45, 7) is 12.3. The van der Waals surface area contributed by atoms with Gasteiger partial charge < -0.3 is 20.4 Å². The number of hydrogen-bond donors (Lipinski definition) is 2. The van der Waals surface area contributed by atoms with Gasteiger partial charge in [-0.25, -0.2) is 4.98 Å². The number of benzene rings is 2. The highest BCUT2D eigenvalue weighted by molar-refractivity contribution is 6.03. The zero-order valence-electron chi connectivity index (χ0n) is 21.6. The monoisotopic (exact) mass is 486 g/mol. The number of carbonyl (C=O) groups excluding carboxylic acids is 2. The van der Waals surface area contributed by atoms with Gasteiger partial charge in [-0.15, -0.1) is 0 Å². The number of nitrogens with one attached hydrogen (secondary N) is 2. The molecule has 1 aromatic heterocycles. The first kappa shape index (κ1) is 25.2. The third-order valence-electron chi connectivity index (χ3n) is 6.63. The number of anilines is 5. The van der Waals surface area contributed by atoms with Crippen LogP contribution in [0.1, 0.15) is 37.1 Å². The molecule has 3 aromatic rings. The van der Waals surface area contributed by atoms with E-state index in [1.807, 2.05) is 69.3 Å². The van der Waals surface area contributed by atoms with Crippen molar-refractivity contribution in [2.45, 2.75) is 41.0 Å². The summed E-state index contributed by atoms with van der Waals surface area (Å²) in [7, 11) is 0. The first-order valence-corrected chi connectivity index (χ1v) is 12.4. The maximum absolute atomic E-state index is 12.9. The summed E-state index contributed by atoms with van der Waals surface area (Å²) in [5.74, 6) is 0.849. The van der Waals surface area contributed by atoms with Crippen LogP contribution in [0.25, 0.3) is 0 Å². The van der Waals surface area contributed by atoms with Crippen molar-refractivity contribution in [1.82, 2.24) is 9.97 Å². The van der Waals surface area contributed by atoms with Crippen molar-refractivity contribution in [1.29, 1.82) is 0 Å². The average Bonchev–Trinajstić information content (AvgIpc) is 3.24. The second-order valence-electron chi connectivity index (χ2n) is 9.23. The fraction of sp³-hybridized carbons (Fsp3) is 0.357. The van der Waals surface area contributed by atoms with Gasteiger partial charge in [-0.05, 0) is 82.1 Å². The molecule has 2 aromatic carbocycles. The normalized spacial score (nSPS) is 15.2. The molecule has 0 unspecified atom stereocenters. The van der Waals surface area contributed by atoms with Crippen LogP contribution in [-0.4, -0.2) is 41.4 Å². The van der Waals surface area contributed by atoms with Gasteiger partial charge in [0.05, 0.1) is 5.92 Å². The molecule has 1 fully saturated rings. The Labute approximate surface area is 212 Å². The third kappa shape index (κ3) is 5.64. The molecule has 2 heterocycles. The van der Waals surface area contributed by atoms with Crippen LogP contribution < -0.4 is 20.4 Å². The minimum absolute atomic E-state index is 0.0276. The number of aromatic nitrogens is 2. The number of rotatable bonds is 8. The second kappa shape index (κ2) is 10.8. The van der Waals surface area contributed by atoms with E-state index in [0.717, 1.165) is 41.5 Å². The summed E-state index contributed by atoms with van der Waals surface area (Å²) >= 11 is 0. The van der Waals surface area contributed by atoms with Crippen molar-refractivity contribution in [2.75, 3.05) is 40.1 Å². The summed E-state index contributed by atoms with van der Waals surface area (Å²) < 4.78 is 0. The molecule has 1 saturated heterocycles. The number of amides is 2. The highest BCUT2D eigenvalue weighted by Crippen LogP contribution is 2.28. The van der Waals surface area contributed by atoms with Gasteiger partial charge in [-0.3, -0.25) is 9.59 Å². The fourth-order valence-electron chi connectivity index (χ4n) is 4.35. The zero-order valence-corrected chi connectivity index (χ0v) is 21.6. The topological polar surface area (TPSA) is 90.5 Å². The highest BCUT2D eigenvalue weighted by atomic mass is 16.2. The number of carbonyl (C=O) groups is 2. The van der Waals surface area contributed by atoms with Crippen molar-refractivity contribution in [3.05, 3.63) is 65.4 Å². The van der Waals surface area contributed by atoms with Crippen molar-refractivity contribution in [3.63, 3.8) is 0 Å². The van der Waals surface area contributed by atoms with Gasteiger partial charge in [0.2, 0.25) is 17.8 Å². The molecule has 8 heteroatoms. The minimum Gasteiger partial charge on any atom is -0.357 e. The summed E-state index contributed by atoms with van der Waals surface area (Å²) in [5, 5.41) is 6.20. The molecule has 1 aliphatic rings. The Balaban J connectivity index is 1.38. The van der Waals surface area contributed by atoms with Gasteiger partial charge in [0, 0.05) is 54.9 Å². The predicted molar refractivity (Wildman–Crippen MR) is 145 cm³/mol. The quantitative estimate of drug-likeness (QED) is 0.467. The van der Waals surface area contributed by atoms with E-state index >= 15 is 0 Å². The molecule has 1 atom stereocenters. The van der Waals surface area contributed by atoms with E-state index < -0.39 is 5.92 Å². The third-order valence-corrected chi connectivity index (χ3v) is 6.63. The number of aryl methyl sites for hydroxylation is 3. The molecule has 2 amide bonds. The standard InChI is InChI=1S/C28H34N6O2/c1-6-33(7-2)25-15-20(5)29-28(32-25)31-23-11-9-22(10-12-23)30-27(36)21-16-26(35)34(17-21)24-13-8-18(3)19(4)14-24/h8-15,21H,6-7,16-17H2,1-5H3,(H,30,36)(H,29,31,32)/t21-/m0/s1. The van der Waals surface area contributed by atoms with Crippen molar-refractivity contribution in [3.8, 4) is 0 Å².